The minimum absolute atomic E-state index is 0.0155. The molecule has 0 aliphatic rings. The van der Waals surface area contributed by atoms with Crippen molar-refractivity contribution < 1.29 is 13.5 Å². The lowest BCUT2D eigenvalue weighted by atomic mass is 10.1. The first kappa shape index (κ1) is 17.5. The average Bonchev–Trinajstić information content (AvgIpc) is 2.65. The van der Waals surface area contributed by atoms with Crippen molar-refractivity contribution in [2.75, 3.05) is 13.2 Å². The molecule has 1 atom stereocenters. The van der Waals surface area contributed by atoms with Crippen LogP contribution in [0.25, 0.3) is 10.9 Å². The highest BCUT2D eigenvalue weighted by Crippen LogP contribution is 2.30. The summed E-state index contributed by atoms with van der Waals surface area (Å²) in [5.41, 5.74) is 1.31. The van der Waals surface area contributed by atoms with Gasteiger partial charge in [-0.05, 0) is 24.6 Å². The highest BCUT2D eigenvalue weighted by molar-refractivity contribution is 7.89. The lowest BCUT2D eigenvalue weighted by Gasteiger charge is -2.28. The number of hydrogen-bond donors (Lipinski definition) is 1. The molecule has 0 saturated heterocycles. The fourth-order valence-electron chi connectivity index (χ4n) is 2.93. The molecule has 0 bridgehead atoms. The molecule has 1 aromatic heterocycles. The number of rotatable bonds is 6. The Balaban J connectivity index is 2.11. The van der Waals surface area contributed by atoms with Crippen molar-refractivity contribution in [3.8, 4) is 0 Å². The molecule has 0 fully saturated rings. The summed E-state index contributed by atoms with van der Waals surface area (Å²) in [5.74, 6) is 0. The second kappa shape index (κ2) is 7.31. The molecular weight excluding hydrogens is 336 g/mol. The van der Waals surface area contributed by atoms with Crippen LogP contribution in [0.15, 0.2) is 71.8 Å². The van der Waals surface area contributed by atoms with Gasteiger partial charge in [-0.15, -0.1) is 0 Å². The van der Waals surface area contributed by atoms with Crippen LogP contribution in [0, 0.1) is 0 Å². The largest absolute Gasteiger partial charge is 0.395 e. The Kier molecular flexibility index (Phi) is 5.13. The normalized spacial score (nSPS) is 13.2. The molecule has 0 aliphatic carbocycles. The van der Waals surface area contributed by atoms with Gasteiger partial charge in [0.25, 0.3) is 0 Å². The maximum Gasteiger partial charge on any atom is 0.245 e. The average molecular weight is 356 g/mol. The number of aliphatic hydroxyl groups excluding tert-OH is 1. The second-order valence-corrected chi connectivity index (χ2v) is 7.62. The highest BCUT2D eigenvalue weighted by atomic mass is 32.2. The third-order valence-electron chi connectivity index (χ3n) is 4.22. The monoisotopic (exact) mass is 356 g/mol. The molecule has 1 heterocycles. The molecule has 6 heteroatoms. The fraction of sp³-hybridized carbons (Fsp3) is 0.211. The molecule has 1 unspecified atom stereocenters. The van der Waals surface area contributed by atoms with Crippen molar-refractivity contribution >= 4 is 20.9 Å². The molecule has 0 radical (unpaired) electrons. The van der Waals surface area contributed by atoms with Crippen molar-refractivity contribution in [3.05, 3.63) is 72.4 Å². The summed E-state index contributed by atoms with van der Waals surface area (Å²) in [7, 11) is -3.83. The third-order valence-corrected chi connectivity index (χ3v) is 6.22. The van der Waals surface area contributed by atoms with E-state index in [9.17, 15) is 13.5 Å². The van der Waals surface area contributed by atoms with E-state index in [1.165, 1.54) is 4.31 Å². The fourth-order valence-corrected chi connectivity index (χ4v) is 4.71. The minimum Gasteiger partial charge on any atom is -0.395 e. The number of hydrogen-bond acceptors (Lipinski definition) is 4. The van der Waals surface area contributed by atoms with Gasteiger partial charge in [-0.25, -0.2) is 8.42 Å². The molecule has 130 valence electrons. The number of aliphatic hydroxyl groups is 1. The Labute approximate surface area is 147 Å². The van der Waals surface area contributed by atoms with Crippen LogP contribution in [0.3, 0.4) is 0 Å². The molecule has 25 heavy (non-hydrogen) atoms. The van der Waals surface area contributed by atoms with Crippen LogP contribution in [-0.4, -0.2) is 36.0 Å². The smallest absolute Gasteiger partial charge is 0.245 e. The number of para-hydroxylation sites is 1. The third kappa shape index (κ3) is 3.42. The number of sulfonamides is 1. The Morgan fingerprint density at radius 2 is 1.76 bits per heavy atom. The van der Waals surface area contributed by atoms with Crippen LogP contribution in [-0.2, 0) is 10.0 Å². The van der Waals surface area contributed by atoms with E-state index >= 15 is 0 Å². The number of aromatic nitrogens is 1. The Morgan fingerprint density at radius 3 is 2.48 bits per heavy atom. The zero-order chi connectivity index (χ0) is 17.9. The number of pyridine rings is 1. The summed E-state index contributed by atoms with van der Waals surface area (Å²) in [6.07, 6.45) is 1.58. The summed E-state index contributed by atoms with van der Waals surface area (Å²) in [6, 6.07) is 17.7. The number of nitrogens with zero attached hydrogens (tertiary/aromatic N) is 2. The molecule has 0 saturated carbocycles. The molecule has 1 N–H and O–H groups in total. The van der Waals surface area contributed by atoms with Crippen molar-refractivity contribution in [2.45, 2.75) is 17.9 Å². The molecule has 5 nitrogen and oxygen atoms in total. The maximum absolute atomic E-state index is 13.3. The van der Waals surface area contributed by atoms with E-state index in [0.29, 0.717) is 5.52 Å². The molecule has 2 aromatic carbocycles. The lowest BCUT2D eigenvalue weighted by molar-refractivity contribution is 0.232. The summed E-state index contributed by atoms with van der Waals surface area (Å²) < 4.78 is 28.0. The van der Waals surface area contributed by atoms with E-state index in [-0.39, 0.29) is 18.0 Å². The zero-order valence-corrected chi connectivity index (χ0v) is 14.7. The van der Waals surface area contributed by atoms with Gasteiger partial charge in [0, 0.05) is 24.2 Å². The first-order valence-electron chi connectivity index (χ1n) is 8.07. The number of fused-ring (bicyclic) bond motifs is 1. The zero-order valence-electron chi connectivity index (χ0n) is 13.9. The topological polar surface area (TPSA) is 70.5 Å². The van der Waals surface area contributed by atoms with Crippen LogP contribution in [0.2, 0.25) is 0 Å². The summed E-state index contributed by atoms with van der Waals surface area (Å²) in [6.45, 7) is 1.58. The highest BCUT2D eigenvalue weighted by Gasteiger charge is 2.31. The molecule has 0 amide bonds. The van der Waals surface area contributed by atoms with Crippen LogP contribution in [0.4, 0.5) is 0 Å². The molecule has 3 rings (SSSR count). The van der Waals surface area contributed by atoms with E-state index in [0.717, 1.165) is 10.9 Å². The van der Waals surface area contributed by atoms with Gasteiger partial charge in [-0.1, -0.05) is 48.5 Å². The first-order chi connectivity index (χ1) is 12.1. The van der Waals surface area contributed by atoms with Gasteiger partial charge in [0.05, 0.1) is 12.1 Å². The molecular formula is C19H20N2O3S. The van der Waals surface area contributed by atoms with Crippen molar-refractivity contribution in [1.82, 2.24) is 9.29 Å². The van der Waals surface area contributed by atoms with Crippen LogP contribution >= 0.6 is 0 Å². The molecule has 3 aromatic rings. The van der Waals surface area contributed by atoms with Gasteiger partial charge in [0.15, 0.2) is 0 Å². The van der Waals surface area contributed by atoms with Gasteiger partial charge >= 0.3 is 0 Å². The number of benzene rings is 2. The summed E-state index contributed by atoms with van der Waals surface area (Å²) in [5, 5.41) is 10.2. The second-order valence-electron chi connectivity index (χ2n) is 5.76. The van der Waals surface area contributed by atoms with E-state index in [1.54, 1.807) is 24.4 Å². The van der Waals surface area contributed by atoms with Gasteiger partial charge in [0.1, 0.15) is 4.90 Å². The Morgan fingerprint density at radius 1 is 1.04 bits per heavy atom. The van der Waals surface area contributed by atoms with E-state index in [4.69, 9.17) is 0 Å². The molecule has 0 aliphatic heterocycles. The van der Waals surface area contributed by atoms with E-state index in [1.807, 2.05) is 49.4 Å². The SMILES string of the molecule is CC(c1ccccc1)N(CCO)S(=O)(=O)c1cccc2cccnc12. The summed E-state index contributed by atoms with van der Waals surface area (Å²) >= 11 is 0. The maximum atomic E-state index is 13.3. The van der Waals surface area contributed by atoms with Gasteiger partial charge < -0.3 is 5.11 Å². The Bertz CT molecular complexity index is 953. The van der Waals surface area contributed by atoms with Crippen molar-refractivity contribution in [2.24, 2.45) is 0 Å². The lowest BCUT2D eigenvalue weighted by Crippen LogP contribution is -2.36. The van der Waals surface area contributed by atoms with E-state index in [2.05, 4.69) is 4.98 Å². The summed E-state index contributed by atoms with van der Waals surface area (Å²) in [4.78, 5) is 4.41. The van der Waals surface area contributed by atoms with Crippen molar-refractivity contribution in [3.63, 3.8) is 0 Å². The van der Waals surface area contributed by atoms with Crippen LogP contribution in [0.1, 0.15) is 18.5 Å². The predicted octanol–water partition coefficient (Wildman–Crippen LogP) is 2.98. The van der Waals surface area contributed by atoms with Gasteiger partial charge in [-0.2, -0.15) is 4.31 Å². The Hall–Kier alpha value is -2.28. The quantitative estimate of drug-likeness (QED) is 0.737. The molecule has 0 spiro atoms. The minimum atomic E-state index is -3.83. The van der Waals surface area contributed by atoms with Gasteiger partial charge in [-0.3, -0.25) is 4.98 Å². The van der Waals surface area contributed by atoms with Gasteiger partial charge in [0.2, 0.25) is 10.0 Å². The van der Waals surface area contributed by atoms with Crippen LogP contribution < -0.4 is 0 Å². The van der Waals surface area contributed by atoms with Crippen LogP contribution in [0.5, 0.6) is 0 Å². The standard InChI is InChI=1S/C19H20N2O3S/c1-15(16-7-3-2-4-8-16)21(13-14-22)25(23,24)18-11-5-9-17-10-6-12-20-19(17)18/h2-12,15,22H,13-14H2,1H3. The predicted molar refractivity (Wildman–Crippen MR) is 97.6 cm³/mol. The van der Waals surface area contributed by atoms with Crippen molar-refractivity contribution in [1.29, 1.82) is 0 Å². The first-order valence-corrected chi connectivity index (χ1v) is 9.51. The van der Waals surface area contributed by atoms with E-state index < -0.39 is 16.1 Å².